The van der Waals surface area contributed by atoms with Crippen LogP contribution in [0.5, 0.6) is 0 Å². The molecule has 4 heteroatoms. The molecule has 1 heterocycles. The van der Waals surface area contributed by atoms with Gasteiger partial charge in [-0.1, -0.05) is 0 Å². The van der Waals surface area contributed by atoms with Crippen molar-refractivity contribution in [3.05, 3.63) is 11.8 Å². The maximum atomic E-state index is 5.79. The van der Waals surface area contributed by atoms with E-state index in [0.29, 0.717) is 12.4 Å². The Labute approximate surface area is 91.4 Å². The summed E-state index contributed by atoms with van der Waals surface area (Å²) in [6, 6.07) is 0. The topological polar surface area (TPSA) is 53.1 Å². The standard InChI is InChI=1S/C11H21N3O/c1-8(2)15-11(4,5)7-14-6-9(3)10(12)13-14/h6,8H,7H2,1-5H3,(H2,12,13). The molecule has 0 aliphatic heterocycles. The maximum Gasteiger partial charge on any atom is 0.148 e. The number of nitrogens with two attached hydrogens (primary N) is 1. The summed E-state index contributed by atoms with van der Waals surface area (Å²) in [5.41, 5.74) is 6.47. The molecule has 15 heavy (non-hydrogen) atoms. The second kappa shape index (κ2) is 4.23. The Morgan fingerprint density at radius 1 is 1.53 bits per heavy atom. The number of hydrogen-bond donors (Lipinski definition) is 1. The summed E-state index contributed by atoms with van der Waals surface area (Å²) in [7, 11) is 0. The molecule has 0 aliphatic carbocycles. The molecule has 1 rings (SSSR count). The Hall–Kier alpha value is -1.03. The Balaban J connectivity index is 2.68. The number of nitrogens with zero attached hydrogens (tertiary/aromatic N) is 2. The van der Waals surface area contributed by atoms with E-state index in [1.54, 1.807) is 0 Å². The third-order valence-electron chi connectivity index (χ3n) is 2.08. The van der Waals surface area contributed by atoms with Gasteiger partial charge in [-0.3, -0.25) is 4.68 Å². The van der Waals surface area contributed by atoms with Crippen LogP contribution in [0.4, 0.5) is 5.82 Å². The first-order chi connectivity index (χ1) is 6.80. The van der Waals surface area contributed by atoms with E-state index in [9.17, 15) is 0 Å². The van der Waals surface area contributed by atoms with Crippen molar-refractivity contribution in [2.45, 2.75) is 52.9 Å². The van der Waals surface area contributed by atoms with Crippen LogP contribution in [0.2, 0.25) is 0 Å². The molecule has 2 N–H and O–H groups in total. The summed E-state index contributed by atoms with van der Waals surface area (Å²) in [6.07, 6.45) is 2.16. The van der Waals surface area contributed by atoms with Crippen molar-refractivity contribution in [3.8, 4) is 0 Å². The van der Waals surface area contributed by atoms with Crippen molar-refractivity contribution in [2.75, 3.05) is 5.73 Å². The van der Waals surface area contributed by atoms with E-state index in [2.05, 4.69) is 18.9 Å². The lowest BCUT2D eigenvalue weighted by molar-refractivity contribution is -0.0670. The quantitative estimate of drug-likeness (QED) is 0.828. The van der Waals surface area contributed by atoms with Crippen LogP contribution in [0.3, 0.4) is 0 Å². The zero-order valence-electron chi connectivity index (χ0n) is 10.2. The van der Waals surface area contributed by atoms with Crippen molar-refractivity contribution in [1.82, 2.24) is 9.78 Å². The third kappa shape index (κ3) is 3.55. The third-order valence-corrected chi connectivity index (χ3v) is 2.08. The highest BCUT2D eigenvalue weighted by Gasteiger charge is 2.21. The molecule has 4 nitrogen and oxygen atoms in total. The Morgan fingerprint density at radius 2 is 2.13 bits per heavy atom. The minimum absolute atomic E-state index is 0.217. The van der Waals surface area contributed by atoms with Gasteiger partial charge in [0.05, 0.1) is 18.2 Å². The maximum absolute atomic E-state index is 5.79. The molecule has 0 bridgehead atoms. The van der Waals surface area contributed by atoms with Gasteiger partial charge in [0.15, 0.2) is 0 Å². The van der Waals surface area contributed by atoms with E-state index in [1.165, 1.54) is 0 Å². The molecule has 0 amide bonds. The van der Waals surface area contributed by atoms with Crippen molar-refractivity contribution in [3.63, 3.8) is 0 Å². The van der Waals surface area contributed by atoms with E-state index in [0.717, 1.165) is 5.56 Å². The number of hydrogen-bond acceptors (Lipinski definition) is 3. The van der Waals surface area contributed by atoms with Gasteiger partial charge in [-0.15, -0.1) is 0 Å². The second-order valence-corrected chi connectivity index (χ2v) is 4.82. The average Bonchev–Trinajstić information content (AvgIpc) is 2.25. The first-order valence-electron chi connectivity index (χ1n) is 5.27. The molecule has 0 fully saturated rings. The summed E-state index contributed by atoms with van der Waals surface area (Å²) < 4.78 is 7.63. The zero-order chi connectivity index (χ0) is 11.6. The van der Waals surface area contributed by atoms with E-state index >= 15 is 0 Å². The molecule has 0 saturated heterocycles. The molecule has 1 aromatic heterocycles. The van der Waals surface area contributed by atoms with Crippen LogP contribution in [-0.4, -0.2) is 21.5 Å². The average molecular weight is 211 g/mol. The van der Waals surface area contributed by atoms with Gasteiger partial charge in [0.1, 0.15) is 5.82 Å². The van der Waals surface area contributed by atoms with Crippen molar-refractivity contribution < 1.29 is 4.74 Å². The lowest BCUT2D eigenvalue weighted by Gasteiger charge is -2.27. The molecule has 0 aromatic carbocycles. The van der Waals surface area contributed by atoms with Gasteiger partial charge in [-0.25, -0.2) is 0 Å². The van der Waals surface area contributed by atoms with Crippen LogP contribution in [-0.2, 0) is 11.3 Å². The van der Waals surface area contributed by atoms with E-state index in [-0.39, 0.29) is 11.7 Å². The molecule has 1 aromatic rings. The number of rotatable bonds is 4. The van der Waals surface area contributed by atoms with Gasteiger partial charge in [-0.2, -0.15) is 5.10 Å². The van der Waals surface area contributed by atoms with Crippen LogP contribution < -0.4 is 5.73 Å². The Kier molecular flexibility index (Phi) is 3.39. The zero-order valence-corrected chi connectivity index (χ0v) is 10.2. The predicted molar refractivity (Wildman–Crippen MR) is 61.7 cm³/mol. The minimum atomic E-state index is -0.223. The van der Waals surface area contributed by atoms with Gasteiger partial charge in [0.2, 0.25) is 0 Å². The first kappa shape index (κ1) is 12.0. The summed E-state index contributed by atoms with van der Waals surface area (Å²) >= 11 is 0. The van der Waals surface area contributed by atoms with Crippen molar-refractivity contribution >= 4 is 5.82 Å². The summed E-state index contributed by atoms with van der Waals surface area (Å²) in [5.74, 6) is 0.593. The van der Waals surface area contributed by atoms with Crippen LogP contribution in [0, 0.1) is 6.92 Å². The molecule has 0 unspecified atom stereocenters. The highest BCUT2D eigenvalue weighted by atomic mass is 16.5. The number of aryl methyl sites for hydroxylation is 1. The monoisotopic (exact) mass is 211 g/mol. The van der Waals surface area contributed by atoms with E-state index in [1.807, 2.05) is 31.6 Å². The Morgan fingerprint density at radius 3 is 2.53 bits per heavy atom. The molecule has 0 atom stereocenters. The number of anilines is 1. The van der Waals surface area contributed by atoms with Gasteiger partial charge in [0, 0.05) is 11.8 Å². The predicted octanol–water partition coefficient (Wildman–Crippen LogP) is 1.98. The summed E-state index contributed by atoms with van der Waals surface area (Å²) in [5, 5.41) is 4.22. The number of aromatic nitrogens is 2. The van der Waals surface area contributed by atoms with Gasteiger partial charge < -0.3 is 10.5 Å². The molecule has 0 aliphatic rings. The molecule has 0 radical (unpaired) electrons. The van der Waals surface area contributed by atoms with Crippen LogP contribution in [0.25, 0.3) is 0 Å². The van der Waals surface area contributed by atoms with Crippen molar-refractivity contribution in [1.29, 1.82) is 0 Å². The molecule has 0 spiro atoms. The fraction of sp³-hybridized carbons (Fsp3) is 0.727. The highest BCUT2D eigenvalue weighted by molar-refractivity contribution is 5.35. The minimum Gasteiger partial charge on any atom is -0.382 e. The summed E-state index contributed by atoms with van der Waals surface area (Å²) in [4.78, 5) is 0. The van der Waals surface area contributed by atoms with Crippen LogP contribution >= 0.6 is 0 Å². The molecular weight excluding hydrogens is 190 g/mol. The molecular formula is C11H21N3O. The fourth-order valence-corrected chi connectivity index (χ4v) is 1.68. The van der Waals surface area contributed by atoms with Crippen LogP contribution in [0.15, 0.2) is 6.20 Å². The van der Waals surface area contributed by atoms with Crippen LogP contribution in [0.1, 0.15) is 33.3 Å². The number of ether oxygens (including phenoxy) is 1. The van der Waals surface area contributed by atoms with E-state index < -0.39 is 0 Å². The Bertz CT molecular complexity index is 309. The first-order valence-corrected chi connectivity index (χ1v) is 5.27. The lowest BCUT2D eigenvalue weighted by Crippen LogP contribution is -2.33. The highest BCUT2D eigenvalue weighted by Crippen LogP contribution is 2.16. The number of nitrogen functional groups attached to an aromatic ring is 1. The van der Waals surface area contributed by atoms with Gasteiger partial charge in [0.25, 0.3) is 0 Å². The largest absolute Gasteiger partial charge is 0.382 e. The summed E-state index contributed by atoms with van der Waals surface area (Å²) in [6.45, 7) is 10.8. The van der Waals surface area contributed by atoms with E-state index in [4.69, 9.17) is 10.5 Å². The van der Waals surface area contributed by atoms with Gasteiger partial charge >= 0.3 is 0 Å². The molecule has 86 valence electrons. The molecule has 0 saturated carbocycles. The lowest BCUT2D eigenvalue weighted by atomic mass is 10.1. The van der Waals surface area contributed by atoms with Gasteiger partial charge in [-0.05, 0) is 34.6 Å². The fourth-order valence-electron chi connectivity index (χ4n) is 1.68. The second-order valence-electron chi connectivity index (χ2n) is 4.82. The van der Waals surface area contributed by atoms with Crippen molar-refractivity contribution in [2.24, 2.45) is 0 Å². The normalized spacial score (nSPS) is 12.4. The SMILES string of the molecule is Cc1cn(CC(C)(C)OC(C)C)nc1N. The smallest absolute Gasteiger partial charge is 0.148 e.